The highest BCUT2D eigenvalue weighted by Crippen LogP contribution is 2.34. The maximum Gasteiger partial charge on any atom is 0.325 e. The summed E-state index contributed by atoms with van der Waals surface area (Å²) in [7, 11) is 4.04. The third-order valence-electron chi connectivity index (χ3n) is 5.28. The highest BCUT2D eigenvalue weighted by Gasteiger charge is 2.52. The second-order valence-corrected chi connectivity index (χ2v) is 7.76. The van der Waals surface area contributed by atoms with Crippen LogP contribution < -0.4 is 10.6 Å². The Morgan fingerprint density at radius 1 is 1.15 bits per heavy atom. The van der Waals surface area contributed by atoms with Crippen molar-refractivity contribution >= 4 is 17.8 Å². The summed E-state index contributed by atoms with van der Waals surface area (Å²) in [5, 5.41) is 5.69. The van der Waals surface area contributed by atoms with Crippen molar-refractivity contribution in [3.63, 3.8) is 0 Å². The molecule has 2 N–H and O–H groups in total. The van der Waals surface area contributed by atoms with Gasteiger partial charge in [0.1, 0.15) is 5.54 Å². The number of nitrogens with zero attached hydrogens (tertiary/aromatic N) is 2. The van der Waals surface area contributed by atoms with E-state index in [-0.39, 0.29) is 30.8 Å². The van der Waals surface area contributed by atoms with Crippen LogP contribution in [0.4, 0.5) is 4.79 Å². The highest BCUT2D eigenvalue weighted by atomic mass is 16.2. The minimum atomic E-state index is -0.706. The van der Waals surface area contributed by atoms with Crippen molar-refractivity contribution in [2.75, 3.05) is 20.6 Å². The molecule has 1 aromatic carbocycles. The average Bonchev–Trinajstić information content (AvgIpc) is 3.18. The number of imide groups is 1. The molecular weight excluding hydrogens is 344 g/mol. The van der Waals surface area contributed by atoms with Gasteiger partial charge in [0, 0.05) is 26.1 Å². The Kier molecular flexibility index (Phi) is 5.79. The van der Waals surface area contributed by atoms with E-state index in [9.17, 15) is 14.4 Å². The number of hydrogen-bond acceptors (Lipinski definition) is 4. The van der Waals surface area contributed by atoms with Gasteiger partial charge in [-0.2, -0.15) is 0 Å². The summed E-state index contributed by atoms with van der Waals surface area (Å²) in [5.41, 5.74) is 1.53. The first-order valence-electron chi connectivity index (χ1n) is 9.53. The fourth-order valence-corrected chi connectivity index (χ4v) is 3.83. The van der Waals surface area contributed by atoms with Crippen molar-refractivity contribution in [2.24, 2.45) is 0 Å². The van der Waals surface area contributed by atoms with Crippen molar-refractivity contribution in [1.82, 2.24) is 20.4 Å². The number of nitrogens with one attached hydrogen (secondary N) is 2. The van der Waals surface area contributed by atoms with Crippen molar-refractivity contribution in [3.8, 4) is 0 Å². The maximum absolute atomic E-state index is 12.5. The number of amides is 4. The van der Waals surface area contributed by atoms with Gasteiger partial charge in [-0.3, -0.25) is 14.5 Å². The Bertz CT molecular complexity index is 708. The molecule has 146 valence electrons. The highest BCUT2D eigenvalue weighted by molar-refractivity contribution is 6.07. The van der Waals surface area contributed by atoms with E-state index in [0.29, 0.717) is 19.4 Å². The Morgan fingerprint density at radius 2 is 1.78 bits per heavy atom. The molecule has 1 aliphatic carbocycles. The number of urea groups is 1. The summed E-state index contributed by atoms with van der Waals surface area (Å²) in [6.45, 7) is 1.44. The second kappa shape index (κ2) is 8.08. The van der Waals surface area contributed by atoms with Crippen LogP contribution in [-0.2, 0) is 22.7 Å². The first-order chi connectivity index (χ1) is 12.9. The van der Waals surface area contributed by atoms with Gasteiger partial charge >= 0.3 is 6.03 Å². The van der Waals surface area contributed by atoms with Gasteiger partial charge in [0.05, 0.1) is 0 Å². The van der Waals surface area contributed by atoms with Crippen molar-refractivity contribution < 1.29 is 14.4 Å². The molecule has 1 aromatic rings. The third kappa shape index (κ3) is 4.47. The molecule has 7 heteroatoms. The molecule has 7 nitrogen and oxygen atoms in total. The molecule has 1 aliphatic heterocycles. The molecule has 2 aliphatic rings. The van der Waals surface area contributed by atoms with Crippen LogP contribution in [0.1, 0.15) is 43.2 Å². The van der Waals surface area contributed by atoms with Crippen molar-refractivity contribution in [1.29, 1.82) is 0 Å². The number of benzene rings is 1. The fraction of sp³-hybridized carbons (Fsp3) is 0.550. The lowest BCUT2D eigenvalue weighted by atomic mass is 9.98. The molecule has 1 saturated carbocycles. The van der Waals surface area contributed by atoms with E-state index in [4.69, 9.17) is 0 Å². The Labute approximate surface area is 160 Å². The lowest BCUT2D eigenvalue weighted by Gasteiger charge is -2.19. The quantitative estimate of drug-likeness (QED) is 0.713. The van der Waals surface area contributed by atoms with Crippen LogP contribution >= 0.6 is 0 Å². The van der Waals surface area contributed by atoms with Crippen LogP contribution in [0.25, 0.3) is 0 Å². The van der Waals surface area contributed by atoms with E-state index in [1.54, 1.807) is 0 Å². The van der Waals surface area contributed by atoms with Gasteiger partial charge in [-0.05, 0) is 38.1 Å². The summed E-state index contributed by atoms with van der Waals surface area (Å²) in [6, 6.07) is 7.73. The monoisotopic (exact) mass is 372 g/mol. The first-order valence-corrected chi connectivity index (χ1v) is 9.53. The summed E-state index contributed by atoms with van der Waals surface area (Å²) < 4.78 is 0. The Hall–Kier alpha value is -2.41. The third-order valence-corrected chi connectivity index (χ3v) is 5.28. The summed E-state index contributed by atoms with van der Waals surface area (Å²) in [4.78, 5) is 40.1. The molecule has 3 rings (SSSR count). The van der Waals surface area contributed by atoms with Gasteiger partial charge in [0.15, 0.2) is 0 Å². The zero-order chi connectivity index (χ0) is 19.4. The van der Waals surface area contributed by atoms with Gasteiger partial charge < -0.3 is 15.5 Å². The predicted octanol–water partition coefficient (Wildman–Crippen LogP) is 1.62. The Morgan fingerprint density at radius 3 is 2.41 bits per heavy atom. The lowest BCUT2D eigenvalue weighted by Crippen LogP contribution is -2.44. The van der Waals surface area contributed by atoms with Crippen LogP contribution in [0.15, 0.2) is 24.3 Å². The summed E-state index contributed by atoms with van der Waals surface area (Å²) in [5.74, 6) is -0.338. The summed E-state index contributed by atoms with van der Waals surface area (Å²) in [6.07, 6.45) is 3.42. The molecule has 4 amide bonds. The molecule has 0 unspecified atom stereocenters. The smallest absolute Gasteiger partial charge is 0.325 e. The van der Waals surface area contributed by atoms with E-state index >= 15 is 0 Å². The van der Waals surface area contributed by atoms with Crippen LogP contribution in [-0.4, -0.2) is 53.8 Å². The predicted molar refractivity (Wildman–Crippen MR) is 102 cm³/mol. The van der Waals surface area contributed by atoms with Gasteiger partial charge in [0.25, 0.3) is 5.91 Å². The van der Waals surface area contributed by atoms with Crippen LogP contribution in [0.3, 0.4) is 0 Å². The van der Waals surface area contributed by atoms with E-state index in [0.717, 1.165) is 24.9 Å². The van der Waals surface area contributed by atoms with Gasteiger partial charge in [-0.25, -0.2) is 4.79 Å². The first kappa shape index (κ1) is 19.4. The van der Waals surface area contributed by atoms with Crippen LogP contribution in [0, 0.1) is 0 Å². The average molecular weight is 372 g/mol. The number of carbonyl (C=O) groups is 3. The largest absolute Gasteiger partial charge is 0.352 e. The number of hydrogen-bond donors (Lipinski definition) is 2. The van der Waals surface area contributed by atoms with Crippen LogP contribution in [0.2, 0.25) is 0 Å². The molecule has 0 atom stereocenters. The lowest BCUT2D eigenvalue weighted by molar-refractivity contribution is -0.131. The molecule has 27 heavy (non-hydrogen) atoms. The fourth-order valence-electron chi connectivity index (χ4n) is 3.83. The maximum atomic E-state index is 12.5. The molecule has 0 radical (unpaired) electrons. The minimum absolute atomic E-state index is 0.119. The number of rotatable bonds is 7. The topological polar surface area (TPSA) is 81.8 Å². The molecule has 0 bridgehead atoms. The van der Waals surface area contributed by atoms with E-state index in [2.05, 4.69) is 27.7 Å². The van der Waals surface area contributed by atoms with E-state index in [1.165, 1.54) is 10.5 Å². The molecule has 2 fully saturated rings. The number of carbonyl (C=O) groups excluding carboxylic acids is 3. The minimum Gasteiger partial charge on any atom is -0.352 e. The molecule has 0 aromatic heterocycles. The standard InChI is InChI=1S/C20H28N4O3/c1-23(2)14-16-7-5-15(6-8-16)13-21-17(25)9-12-24-18(26)20(22-19(24)27)10-3-4-11-20/h5-8H,3-4,9-14H2,1-2H3,(H,21,25)(H,22,27). The second-order valence-electron chi connectivity index (χ2n) is 7.76. The van der Waals surface area contributed by atoms with E-state index in [1.807, 2.05) is 26.2 Å². The molecular formula is C20H28N4O3. The van der Waals surface area contributed by atoms with Crippen molar-refractivity contribution in [2.45, 2.75) is 50.7 Å². The van der Waals surface area contributed by atoms with Gasteiger partial charge in [-0.15, -0.1) is 0 Å². The zero-order valence-corrected chi connectivity index (χ0v) is 16.1. The van der Waals surface area contributed by atoms with Gasteiger partial charge in [-0.1, -0.05) is 37.1 Å². The van der Waals surface area contributed by atoms with Crippen LogP contribution in [0.5, 0.6) is 0 Å². The molecule has 1 spiro atoms. The summed E-state index contributed by atoms with van der Waals surface area (Å²) >= 11 is 0. The molecule has 1 saturated heterocycles. The zero-order valence-electron chi connectivity index (χ0n) is 16.1. The van der Waals surface area contributed by atoms with Crippen molar-refractivity contribution in [3.05, 3.63) is 35.4 Å². The SMILES string of the molecule is CN(C)Cc1ccc(CNC(=O)CCN2C(=O)NC3(CCCC3)C2=O)cc1. The molecule has 1 heterocycles. The van der Waals surface area contributed by atoms with E-state index < -0.39 is 5.54 Å². The normalized spacial score (nSPS) is 18.4. The van der Waals surface area contributed by atoms with Gasteiger partial charge in [0.2, 0.25) is 5.91 Å². The Balaban J connectivity index is 1.44.